The van der Waals surface area contributed by atoms with Crippen LogP contribution in [0.15, 0.2) is 48.9 Å². The predicted octanol–water partition coefficient (Wildman–Crippen LogP) is 1.79. The lowest BCUT2D eigenvalue weighted by Crippen LogP contribution is -1.88. The van der Waals surface area contributed by atoms with Crippen molar-refractivity contribution in [3.63, 3.8) is 0 Å². The van der Waals surface area contributed by atoms with E-state index in [0.29, 0.717) is 0 Å². The quantitative estimate of drug-likeness (QED) is 0.596. The van der Waals surface area contributed by atoms with Crippen LogP contribution >= 0.6 is 0 Å². The van der Waals surface area contributed by atoms with Crippen molar-refractivity contribution >= 4 is 5.65 Å². The molecule has 0 aliphatic rings. The highest BCUT2D eigenvalue weighted by Gasteiger charge is 2.05. The van der Waals surface area contributed by atoms with E-state index in [9.17, 15) is 0 Å². The minimum absolute atomic E-state index is 0.841. The fourth-order valence-corrected chi connectivity index (χ4v) is 1.54. The van der Waals surface area contributed by atoms with Crippen molar-refractivity contribution in [1.29, 1.82) is 0 Å². The molecule has 0 amide bonds. The van der Waals surface area contributed by atoms with Crippen LogP contribution in [0.25, 0.3) is 17.0 Å². The molecule has 0 aromatic carbocycles. The summed E-state index contributed by atoms with van der Waals surface area (Å²) in [6, 6.07) is 9.67. The normalized spacial score (nSPS) is 10.7. The fourth-order valence-electron chi connectivity index (χ4n) is 1.54. The van der Waals surface area contributed by atoms with E-state index >= 15 is 0 Å². The van der Waals surface area contributed by atoms with E-state index in [0.717, 1.165) is 17.0 Å². The van der Waals surface area contributed by atoms with Gasteiger partial charge in [0.05, 0.1) is 0 Å². The average molecular weight is 196 g/mol. The van der Waals surface area contributed by atoms with Gasteiger partial charge in [-0.25, -0.2) is 0 Å². The van der Waals surface area contributed by atoms with E-state index in [4.69, 9.17) is 0 Å². The zero-order valence-electron chi connectivity index (χ0n) is 7.91. The monoisotopic (exact) mass is 196 g/mol. The van der Waals surface area contributed by atoms with Gasteiger partial charge < -0.3 is 0 Å². The molecule has 0 aliphatic carbocycles. The van der Waals surface area contributed by atoms with E-state index in [1.165, 1.54) is 0 Å². The zero-order valence-corrected chi connectivity index (χ0v) is 7.91. The van der Waals surface area contributed by atoms with Gasteiger partial charge >= 0.3 is 0 Å². The second-order valence-corrected chi connectivity index (χ2v) is 3.19. The number of fused-ring (bicyclic) bond motifs is 1. The molecule has 0 aliphatic heterocycles. The van der Waals surface area contributed by atoms with Crippen LogP contribution < -0.4 is 0 Å². The van der Waals surface area contributed by atoms with Gasteiger partial charge in [-0.1, -0.05) is 6.07 Å². The first-order valence-corrected chi connectivity index (χ1v) is 4.65. The average Bonchev–Trinajstić information content (AvgIpc) is 2.74. The summed E-state index contributed by atoms with van der Waals surface area (Å²) in [5.41, 5.74) is 1.87. The van der Waals surface area contributed by atoms with Gasteiger partial charge in [-0.2, -0.15) is 0 Å². The molecule has 0 unspecified atom stereocenters. The third-order valence-electron chi connectivity index (χ3n) is 2.25. The number of hydrogen-bond donors (Lipinski definition) is 0. The number of aromatic nitrogens is 4. The van der Waals surface area contributed by atoms with Crippen LogP contribution in [-0.2, 0) is 0 Å². The maximum atomic E-state index is 4.15. The number of hydrogen-bond acceptors (Lipinski definition) is 3. The van der Waals surface area contributed by atoms with Crippen molar-refractivity contribution in [1.82, 2.24) is 19.6 Å². The molecule has 4 nitrogen and oxygen atoms in total. The van der Waals surface area contributed by atoms with Crippen LogP contribution in [0.3, 0.4) is 0 Å². The molecule has 0 spiro atoms. The largest absolute Gasteiger partial charge is 0.282 e. The first kappa shape index (κ1) is 8.11. The summed E-state index contributed by atoms with van der Waals surface area (Å²) in [4.78, 5) is 3.98. The summed E-state index contributed by atoms with van der Waals surface area (Å²) >= 11 is 0. The van der Waals surface area contributed by atoms with E-state index < -0.39 is 0 Å². The fraction of sp³-hybridized carbons (Fsp3) is 0. The van der Waals surface area contributed by atoms with Gasteiger partial charge in [-0.05, 0) is 24.3 Å². The van der Waals surface area contributed by atoms with Crippen molar-refractivity contribution in [2.75, 3.05) is 0 Å². The third kappa shape index (κ3) is 1.27. The Balaban J connectivity index is 2.28. The highest BCUT2D eigenvalue weighted by Crippen LogP contribution is 2.16. The smallest absolute Gasteiger partial charge is 0.168 e. The predicted molar refractivity (Wildman–Crippen MR) is 56.2 cm³/mol. The minimum atomic E-state index is 0.841. The molecule has 3 aromatic rings. The summed E-state index contributed by atoms with van der Waals surface area (Å²) in [6.45, 7) is 0. The van der Waals surface area contributed by atoms with Gasteiger partial charge in [-0.3, -0.25) is 9.38 Å². The van der Waals surface area contributed by atoms with E-state index in [1.54, 1.807) is 12.4 Å². The van der Waals surface area contributed by atoms with Crippen molar-refractivity contribution in [3.8, 4) is 11.4 Å². The van der Waals surface area contributed by atoms with Crippen LogP contribution in [0.1, 0.15) is 0 Å². The molecule has 4 heteroatoms. The molecule has 0 radical (unpaired) electrons. The lowest BCUT2D eigenvalue weighted by atomic mass is 10.2. The van der Waals surface area contributed by atoms with Crippen molar-refractivity contribution in [2.45, 2.75) is 0 Å². The molecule has 15 heavy (non-hydrogen) atoms. The first-order valence-electron chi connectivity index (χ1n) is 4.65. The van der Waals surface area contributed by atoms with Gasteiger partial charge in [0, 0.05) is 24.2 Å². The Kier molecular flexibility index (Phi) is 1.71. The highest BCUT2D eigenvalue weighted by molar-refractivity contribution is 5.58. The van der Waals surface area contributed by atoms with E-state index in [-0.39, 0.29) is 0 Å². The second kappa shape index (κ2) is 3.16. The Morgan fingerprint density at radius 1 is 0.933 bits per heavy atom. The molecule has 3 heterocycles. The van der Waals surface area contributed by atoms with E-state index in [1.807, 2.05) is 40.9 Å². The highest BCUT2D eigenvalue weighted by atomic mass is 15.2. The van der Waals surface area contributed by atoms with Gasteiger partial charge in [0.15, 0.2) is 11.5 Å². The van der Waals surface area contributed by atoms with Crippen LogP contribution in [-0.4, -0.2) is 19.6 Å². The summed E-state index contributed by atoms with van der Waals surface area (Å²) in [7, 11) is 0. The Bertz CT molecular complexity index is 586. The van der Waals surface area contributed by atoms with Crippen molar-refractivity contribution in [2.24, 2.45) is 0 Å². The van der Waals surface area contributed by atoms with Gasteiger partial charge in [0.25, 0.3) is 0 Å². The third-order valence-corrected chi connectivity index (χ3v) is 2.25. The summed E-state index contributed by atoms with van der Waals surface area (Å²) < 4.78 is 1.95. The van der Waals surface area contributed by atoms with Crippen LogP contribution in [0.4, 0.5) is 0 Å². The van der Waals surface area contributed by atoms with E-state index in [2.05, 4.69) is 15.2 Å². The van der Waals surface area contributed by atoms with Gasteiger partial charge in [0.2, 0.25) is 0 Å². The van der Waals surface area contributed by atoms with Crippen molar-refractivity contribution in [3.05, 3.63) is 48.9 Å². The Morgan fingerprint density at radius 3 is 2.67 bits per heavy atom. The molecule has 0 saturated heterocycles. The second-order valence-electron chi connectivity index (χ2n) is 3.19. The minimum Gasteiger partial charge on any atom is -0.282 e. The molecule has 72 valence electrons. The van der Waals surface area contributed by atoms with Crippen LogP contribution in [0, 0.1) is 0 Å². The van der Waals surface area contributed by atoms with Gasteiger partial charge in [0.1, 0.15) is 0 Å². The summed E-state index contributed by atoms with van der Waals surface area (Å²) in [5, 5.41) is 8.24. The lowest BCUT2D eigenvalue weighted by molar-refractivity contribution is 1.11. The maximum absolute atomic E-state index is 4.15. The van der Waals surface area contributed by atoms with Crippen LogP contribution in [0.5, 0.6) is 0 Å². The molecule has 3 rings (SSSR count). The molecule has 0 bridgehead atoms. The Morgan fingerprint density at radius 2 is 1.80 bits per heavy atom. The molecule has 0 N–H and O–H groups in total. The lowest BCUT2D eigenvalue weighted by Gasteiger charge is -1.97. The molecular weight excluding hydrogens is 188 g/mol. The Labute approximate surface area is 86.2 Å². The Hall–Kier alpha value is -2.23. The SMILES string of the molecule is c1ccn2c(-c3ccncc3)nnc2c1. The summed E-state index contributed by atoms with van der Waals surface area (Å²) in [5.74, 6) is 0.841. The standard InChI is InChI=1S/C11H8N4/c1-2-8-15-10(3-1)13-14-11(15)9-4-6-12-7-5-9/h1-8H. The maximum Gasteiger partial charge on any atom is 0.168 e. The van der Waals surface area contributed by atoms with Crippen molar-refractivity contribution < 1.29 is 0 Å². The number of pyridine rings is 2. The number of rotatable bonds is 1. The zero-order chi connectivity index (χ0) is 10.1. The summed E-state index contributed by atoms with van der Waals surface area (Å²) in [6.07, 6.45) is 5.45. The molecule has 0 fully saturated rings. The van der Waals surface area contributed by atoms with Gasteiger partial charge in [-0.15, -0.1) is 10.2 Å². The number of nitrogens with zero attached hydrogens (tertiary/aromatic N) is 4. The topological polar surface area (TPSA) is 43.1 Å². The molecular formula is C11H8N4. The molecule has 0 saturated carbocycles. The molecule has 3 aromatic heterocycles. The first-order chi connectivity index (χ1) is 7.45. The van der Waals surface area contributed by atoms with Crippen LogP contribution in [0.2, 0.25) is 0 Å². The molecule has 0 atom stereocenters.